The second-order valence-electron chi connectivity index (χ2n) is 7.21. The fourth-order valence-electron chi connectivity index (χ4n) is 3.92. The van der Waals surface area contributed by atoms with Crippen molar-refractivity contribution in [3.05, 3.63) is 35.9 Å². The highest BCUT2D eigenvalue weighted by Gasteiger charge is 2.33. The van der Waals surface area contributed by atoms with Gasteiger partial charge in [-0.25, -0.2) is 8.42 Å². The fraction of sp³-hybridized carbons (Fsp3) is 0.400. The molecule has 2 heterocycles. The Morgan fingerprint density at radius 1 is 1.00 bits per heavy atom. The molecule has 0 atom stereocenters. The summed E-state index contributed by atoms with van der Waals surface area (Å²) in [5.41, 5.74) is 2.04. The normalized spacial score (nSPS) is 15.8. The van der Waals surface area contributed by atoms with Gasteiger partial charge >= 0.3 is 0 Å². The van der Waals surface area contributed by atoms with Crippen LogP contribution < -0.4 is 19.1 Å². The summed E-state index contributed by atoms with van der Waals surface area (Å²) in [6.07, 6.45) is 0. The van der Waals surface area contributed by atoms with Crippen molar-refractivity contribution in [2.45, 2.75) is 11.4 Å². The average Bonchev–Trinajstić information content (AvgIpc) is 3.28. The monoisotopic (exact) mass is 465 g/mol. The molecule has 1 saturated heterocycles. The summed E-state index contributed by atoms with van der Waals surface area (Å²) >= 11 is 1.02. The van der Waals surface area contributed by atoms with E-state index in [-0.39, 0.29) is 4.90 Å². The van der Waals surface area contributed by atoms with Crippen LogP contribution in [0, 0.1) is 0 Å². The van der Waals surface area contributed by atoms with Crippen LogP contribution in [0.4, 0.5) is 0 Å². The van der Waals surface area contributed by atoms with Crippen LogP contribution in [0.3, 0.4) is 0 Å². The van der Waals surface area contributed by atoms with Gasteiger partial charge in [0, 0.05) is 0 Å². The first-order valence-corrected chi connectivity index (χ1v) is 12.0. The lowest BCUT2D eigenvalue weighted by Crippen LogP contribution is -3.13. The second kappa shape index (κ2) is 8.95. The van der Waals surface area contributed by atoms with Gasteiger partial charge < -0.3 is 19.1 Å². The molecule has 1 N–H and O–H groups in total. The van der Waals surface area contributed by atoms with E-state index in [1.807, 2.05) is 12.1 Å². The zero-order valence-electron chi connectivity index (χ0n) is 17.6. The molecule has 0 spiro atoms. The smallest absolute Gasteiger partial charge is 0.245 e. The van der Waals surface area contributed by atoms with Crippen LogP contribution in [0.25, 0.3) is 11.0 Å². The van der Waals surface area contributed by atoms with Gasteiger partial charge in [0.15, 0.2) is 11.5 Å². The average molecular weight is 466 g/mol. The maximum atomic E-state index is 13.2. The standard InChI is InChI=1S/C20H24N4O5S2/c1-27-16-8-7-14(19(28-2)20(16)29-3)13-23-9-11-24(12-10-23)31(25,26)17-6-4-5-15-18(17)22-30-21-15/h4-8H,9-13H2,1-3H3/p+1. The van der Waals surface area contributed by atoms with Crippen molar-refractivity contribution in [3.8, 4) is 17.2 Å². The number of hydrogen-bond acceptors (Lipinski definition) is 8. The molecule has 0 aliphatic carbocycles. The topological polar surface area (TPSA) is 95.3 Å². The van der Waals surface area contributed by atoms with E-state index in [1.165, 1.54) is 9.21 Å². The minimum atomic E-state index is -3.62. The summed E-state index contributed by atoms with van der Waals surface area (Å²) in [5.74, 6) is 1.82. The fourth-order valence-corrected chi connectivity index (χ4v) is 6.11. The van der Waals surface area contributed by atoms with Crippen LogP contribution in [-0.2, 0) is 16.6 Å². The highest BCUT2D eigenvalue weighted by Crippen LogP contribution is 2.39. The Balaban J connectivity index is 1.49. The van der Waals surface area contributed by atoms with E-state index in [1.54, 1.807) is 39.5 Å². The predicted octanol–water partition coefficient (Wildman–Crippen LogP) is 0.807. The predicted molar refractivity (Wildman–Crippen MR) is 117 cm³/mol. The summed E-state index contributed by atoms with van der Waals surface area (Å²) in [7, 11) is 1.15. The largest absolute Gasteiger partial charge is 0.493 e. The molecule has 4 rings (SSSR count). The van der Waals surface area contributed by atoms with E-state index in [0.717, 1.165) is 17.3 Å². The number of hydrogen-bond donors (Lipinski definition) is 1. The number of quaternary nitrogens is 1. The SMILES string of the molecule is COc1ccc(C[NH+]2CCN(S(=O)(=O)c3cccc4nsnc34)CC2)c(OC)c1OC. The lowest BCUT2D eigenvalue weighted by Gasteiger charge is -2.32. The van der Waals surface area contributed by atoms with Crippen LogP contribution in [0.2, 0.25) is 0 Å². The van der Waals surface area contributed by atoms with Crippen molar-refractivity contribution in [1.82, 2.24) is 13.1 Å². The zero-order chi connectivity index (χ0) is 22.0. The molecule has 3 aromatic rings. The van der Waals surface area contributed by atoms with Gasteiger partial charge in [0.05, 0.1) is 64.8 Å². The lowest BCUT2D eigenvalue weighted by atomic mass is 10.1. The number of nitrogens with one attached hydrogen (secondary N) is 1. The Kier molecular flexibility index (Phi) is 6.28. The van der Waals surface area contributed by atoms with Gasteiger partial charge in [0.25, 0.3) is 0 Å². The molecular weight excluding hydrogens is 440 g/mol. The van der Waals surface area contributed by atoms with Crippen molar-refractivity contribution in [2.24, 2.45) is 0 Å². The van der Waals surface area contributed by atoms with Gasteiger partial charge in [-0.1, -0.05) is 6.07 Å². The number of piperazine rings is 1. The highest BCUT2D eigenvalue weighted by atomic mass is 32.2. The van der Waals surface area contributed by atoms with Crippen molar-refractivity contribution in [2.75, 3.05) is 47.5 Å². The van der Waals surface area contributed by atoms with Crippen molar-refractivity contribution >= 4 is 32.8 Å². The first-order chi connectivity index (χ1) is 15.0. The zero-order valence-corrected chi connectivity index (χ0v) is 19.3. The molecule has 166 valence electrons. The number of ether oxygens (including phenoxy) is 3. The minimum absolute atomic E-state index is 0.226. The highest BCUT2D eigenvalue weighted by molar-refractivity contribution is 7.89. The summed E-state index contributed by atoms with van der Waals surface area (Å²) in [6.45, 7) is 2.93. The number of methoxy groups -OCH3 is 3. The molecule has 31 heavy (non-hydrogen) atoms. The van der Waals surface area contributed by atoms with E-state index in [9.17, 15) is 8.42 Å². The molecule has 2 aromatic carbocycles. The van der Waals surface area contributed by atoms with E-state index in [0.29, 0.717) is 61.0 Å². The van der Waals surface area contributed by atoms with Crippen LogP contribution in [0.5, 0.6) is 17.2 Å². The number of aromatic nitrogens is 2. The molecule has 11 heteroatoms. The Bertz CT molecular complexity index is 1170. The number of nitrogens with zero attached hydrogens (tertiary/aromatic N) is 3. The molecular formula is C20H25N4O5S2+. The van der Waals surface area contributed by atoms with Gasteiger partial charge in [-0.2, -0.15) is 13.1 Å². The summed E-state index contributed by atoms with van der Waals surface area (Å²) in [4.78, 5) is 1.49. The van der Waals surface area contributed by atoms with Gasteiger partial charge in [0.2, 0.25) is 15.8 Å². The second-order valence-corrected chi connectivity index (χ2v) is 9.65. The minimum Gasteiger partial charge on any atom is -0.493 e. The van der Waals surface area contributed by atoms with E-state index < -0.39 is 10.0 Å². The Morgan fingerprint density at radius 2 is 1.74 bits per heavy atom. The molecule has 9 nitrogen and oxygen atoms in total. The third-order valence-electron chi connectivity index (χ3n) is 5.52. The third kappa shape index (κ3) is 4.05. The van der Waals surface area contributed by atoms with Gasteiger partial charge in [0.1, 0.15) is 22.5 Å². The Morgan fingerprint density at radius 3 is 2.42 bits per heavy atom. The molecule has 0 amide bonds. The number of benzene rings is 2. The molecule has 0 radical (unpaired) electrons. The van der Waals surface area contributed by atoms with Crippen LogP contribution in [-0.4, -0.2) is 69.0 Å². The van der Waals surface area contributed by atoms with Crippen LogP contribution in [0.15, 0.2) is 35.2 Å². The molecule has 1 aromatic heterocycles. The molecule has 1 aliphatic rings. The Hall–Kier alpha value is -2.47. The van der Waals surface area contributed by atoms with Gasteiger partial charge in [-0.3, -0.25) is 0 Å². The summed E-state index contributed by atoms with van der Waals surface area (Å²) < 4.78 is 52.7. The molecule has 1 aliphatic heterocycles. The molecule has 0 saturated carbocycles. The number of fused-ring (bicyclic) bond motifs is 1. The first kappa shape index (κ1) is 21.8. The van der Waals surface area contributed by atoms with E-state index >= 15 is 0 Å². The summed E-state index contributed by atoms with van der Waals surface area (Å²) in [5, 5.41) is 0. The summed E-state index contributed by atoms with van der Waals surface area (Å²) in [6, 6.07) is 8.91. The number of rotatable bonds is 7. The first-order valence-electron chi connectivity index (χ1n) is 9.82. The van der Waals surface area contributed by atoms with Crippen LogP contribution >= 0.6 is 11.7 Å². The maximum Gasteiger partial charge on any atom is 0.245 e. The van der Waals surface area contributed by atoms with Gasteiger partial charge in [-0.05, 0) is 24.3 Å². The molecule has 1 fully saturated rings. The van der Waals surface area contributed by atoms with E-state index in [4.69, 9.17) is 14.2 Å². The third-order valence-corrected chi connectivity index (χ3v) is 8.00. The number of sulfonamides is 1. The van der Waals surface area contributed by atoms with Crippen molar-refractivity contribution in [1.29, 1.82) is 0 Å². The van der Waals surface area contributed by atoms with E-state index in [2.05, 4.69) is 8.75 Å². The van der Waals surface area contributed by atoms with Gasteiger partial charge in [-0.15, -0.1) is 0 Å². The quantitative estimate of drug-likeness (QED) is 0.552. The van der Waals surface area contributed by atoms with Crippen molar-refractivity contribution in [3.63, 3.8) is 0 Å². The lowest BCUT2D eigenvalue weighted by molar-refractivity contribution is -0.917. The maximum absolute atomic E-state index is 13.2. The van der Waals surface area contributed by atoms with Crippen molar-refractivity contribution < 1.29 is 27.5 Å². The molecule has 0 bridgehead atoms. The Labute approximate surface area is 185 Å². The molecule has 0 unspecified atom stereocenters. The van der Waals surface area contributed by atoms with Crippen LogP contribution in [0.1, 0.15) is 5.56 Å².